The minimum absolute atomic E-state index is 0.0731. The van der Waals surface area contributed by atoms with Crippen LogP contribution in [0.15, 0.2) is 21.4 Å². The van der Waals surface area contributed by atoms with Crippen LogP contribution >= 0.6 is 27.5 Å². The number of nitrogens with zero attached hydrogens (tertiary/aromatic N) is 2. The summed E-state index contributed by atoms with van der Waals surface area (Å²) in [6.45, 7) is 1.52. The third-order valence-electron chi connectivity index (χ3n) is 2.68. The summed E-state index contributed by atoms with van der Waals surface area (Å²) in [6.07, 6.45) is 0. The molecule has 0 aliphatic heterocycles. The van der Waals surface area contributed by atoms with E-state index in [-0.39, 0.29) is 32.1 Å². The second-order valence-electron chi connectivity index (χ2n) is 3.96. The zero-order valence-corrected chi connectivity index (χ0v) is 12.4. The SMILES string of the molecule is Cc1nn(C)c(=O)c(-c2c(F)ccc(Cl)c2Br)c1O. The number of aromatic nitrogens is 2. The van der Waals surface area contributed by atoms with Crippen LogP contribution in [-0.2, 0) is 7.05 Å². The molecule has 0 aliphatic rings. The van der Waals surface area contributed by atoms with Crippen LogP contribution in [0.25, 0.3) is 11.1 Å². The highest BCUT2D eigenvalue weighted by Crippen LogP contribution is 2.38. The Kier molecular flexibility index (Phi) is 3.64. The van der Waals surface area contributed by atoms with Crippen molar-refractivity contribution in [3.05, 3.63) is 43.5 Å². The minimum atomic E-state index is -0.658. The van der Waals surface area contributed by atoms with Crippen molar-refractivity contribution >= 4 is 27.5 Å². The number of halogens is 3. The smallest absolute Gasteiger partial charge is 0.278 e. The lowest BCUT2D eigenvalue weighted by molar-refractivity contribution is 0.460. The van der Waals surface area contributed by atoms with E-state index in [0.717, 1.165) is 10.7 Å². The lowest BCUT2D eigenvalue weighted by Gasteiger charge is -2.11. The molecular weight excluding hydrogens is 338 g/mol. The predicted octanol–water partition coefficient (Wildman–Crippen LogP) is 3.02. The molecule has 1 heterocycles. The highest BCUT2D eigenvalue weighted by molar-refractivity contribution is 9.10. The van der Waals surface area contributed by atoms with Gasteiger partial charge < -0.3 is 5.11 Å². The summed E-state index contributed by atoms with van der Waals surface area (Å²) in [5.41, 5.74) is -0.619. The van der Waals surface area contributed by atoms with E-state index in [0.29, 0.717) is 0 Å². The Bertz CT molecular complexity index is 731. The number of benzene rings is 1. The molecule has 0 bridgehead atoms. The lowest BCUT2D eigenvalue weighted by Crippen LogP contribution is -2.22. The topological polar surface area (TPSA) is 55.1 Å². The van der Waals surface area contributed by atoms with Crippen molar-refractivity contribution in [2.24, 2.45) is 7.05 Å². The lowest BCUT2D eigenvalue weighted by atomic mass is 10.1. The Morgan fingerprint density at radius 1 is 1.42 bits per heavy atom. The fourth-order valence-corrected chi connectivity index (χ4v) is 2.42. The van der Waals surface area contributed by atoms with Gasteiger partial charge in [0.15, 0.2) is 5.75 Å². The van der Waals surface area contributed by atoms with Crippen LogP contribution in [0.5, 0.6) is 5.75 Å². The molecule has 100 valence electrons. The number of hydrogen-bond donors (Lipinski definition) is 1. The standard InChI is InChI=1S/C12H9BrClFN2O2/c1-5-11(18)9(12(19)17(2)16-5)8-7(15)4-3-6(14)10(8)13/h3-4,18H,1-2H3. The van der Waals surface area contributed by atoms with Gasteiger partial charge in [-0.25, -0.2) is 9.07 Å². The Balaban J connectivity index is 2.95. The maximum atomic E-state index is 14.0. The second kappa shape index (κ2) is 4.94. The van der Waals surface area contributed by atoms with E-state index in [1.54, 1.807) is 0 Å². The predicted molar refractivity (Wildman–Crippen MR) is 74.0 cm³/mol. The van der Waals surface area contributed by atoms with Crippen molar-refractivity contribution in [2.75, 3.05) is 0 Å². The van der Waals surface area contributed by atoms with Gasteiger partial charge in [-0.1, -0.05) is 11.6 Å². The van der Waals surface area contributed by atoms with Gasteiger partial charge in [-0.3, -0.25) is 4.79 Å². The summed E-state index contributed by atoms with van der Waals surface area (Å²) >= 11 is 9.03. The Morgan fingerprint density at radius 3 is 2.68 bits per heavy atom. The van der Waals surface area contributed by atoms with Gasteiger partial charge in [0.25, 0.3) is 5.56 Å². The van der Waals surface area contributed by atoms with Crippen LogP contribution in [0.4, 0.5) is 4.39 Å². The van der Waals surface area contributed by atoms with Crippen molar-refractivity contribution < 1.29 is 9.50 Å². The molecule has 1 aromatic heterocycles. The van der Waals surface area contributed by atoms with Gasteiger partial charge in [-0.2, -0.15) is 5.10 Å². The van der Waals surface area contributed by atoms with E-state index in [1.807, 2.05) is 0 Å². The highest BCUT2D eigenvalue weighted by atomic mass is 79.9. The van der Waals surface area contributed by atoms with E-state index >= 15 is 0 Å². The van der Waals surface area contributed by atoms with E-state index in [4.69, 9.17) is 11.6 Å². The van der Waals surface area contributed by atoms with Crippen molar-refractivity contribution in [3.8, 4) is 16.9 Å². The van der Waals surface area contributed by atoms with Gasteiger partial charge in [-0.05, 0) is 35.0 Å². The molecular formula is C12H9BrClFN2O2. The van der Waals surface area contributed by atoms with E-state index in [9.17, 15) is 14.3 Å². The molecule has 2 aromatic rings. The molecule has 0 saturated carbocycles. The van der Waals surface area contributed by atoms with Crippen LogP contribution < -0.4 is 5.56 Å². The molecule has 1 N–H and O–H groups in total. The Labute approximate surface area is 121 Å². The maximum Gasteiger partial charge on any atom is 0.278 e. The van der Waals surface area contributed by atoms with E-state index in [1.165, 1.54) is 20.0 Å². The first-order valence-electron chi connectivity index (χ1n) is 5.25. The van der Waals surface area contributed by atoms with Crippen LogP contribution in [-0.4, -0.2) is 14.9 Å². The average Bonchev–Trinajstić information content (AvgIpc) is 2.36. The van der Waals surface area contributed by atoms with Crippen LogP contribution in [0.2, 0.25) is 5.02 Å². The van der Waals surface area contributed by atoms with Crippen molar-refractivity contribution in [1.29, 1.82) is 0 Å². The zero-order valence-electron chi connectivity index (χ0n) is 10.0. The van der Waals surface area contributed by atoms with Crippen LogP contribution in [0, 0.1) is 12.7 Å². The molecule has 4 nitrogen and oxygen atoms in total. The van der Waals surface area contributed by atoms with E-state index in [2.05, 4.69) is 21.0 Å². The molecule has 2 rings (SSSR count). The minimum Gasteiger partial charge on any atom is -0.505 e. The van der Waals surface area contributed by atoms with Crippen molar-refractivity contribution in [1.82, 2.24) is 9.78 Å². The summed E-state index contributed by atoms with van der Waals surface area (Å²) in [5.74, 6) is -1.01. The molecule has 1 aromatic carbocycles. The summed E-state index contributed by atoms with van der Waals surface area (Å²) in [4.78, 5) is 12.1. The molecule has 0 saturated heterocycles. The van der Waals surface area contributed by atoms with Crippen molar-refractivity contribution in [3.63, 3.8) is 0 Å². The first kappa shape index (κ1) is 14.0. The third kappa shape index (κ3) is 2.26. The average molecular weight is 348 g/mol. The van der Waals surface area contributed by atoms with Gasteiger partial charge in [0, 0.05) is 17.1 Å². The quantitative estimate of drug-likeness (QED) is 0.807. The number of rotatable bonds is 1. The molecule has 0 fully saturated rings. The molecule has 0 unspecified atom stereocenters. The summed E-state index contributed by atoms with van der Waals surface area (Å²) in [7, 11) is 1.43. The largest absolute Gasteiger partial charge is 0.505 e. The first-order chi connectivity index (χ1) is 8.84. The molecule has 7 heteroatoms. The maximum absolute atomic E-state index is 14.0. The van der Waals surface area contributed by atoms with Gasteiger partial charge in [0.1, 0.15) is 11.5 Å². The molecule has 0 radical (unpaired) electrons. The van der Waals surface area contributed by atoms with Crippen LogP contribution in [0.3, 0.4) is 0 Å². The second-order valence-corrected chi connectivity index (χ2v) is 5.16. The molecule has 0 amide bonds. The number of aromatic hydroxyl groups is 1. The number of hydrogen-bond acceptors (Lipinski definition) is 3. The van der Waals surface area contributed by atoms with Gasteiger partial charge in [0.05, 0.1) is 10.6 Å². The summed E-state index contributed by atoms with van der Waals surface area (Å²) < 4.78 is 15.2. The third-order valence-corrected chi connectivity index (χ3v) is 4.05. The van der Waals surface area contributed by atoms with Crippen LogP contribution in [0.1, 0.15) is 5.69 Å². The molecule has 0 spiro atoms. The normalized spacial score (nSPS) is 10.8. The van der Waals surface area contributed by atoms with Gasteiger partial charge >= 0.3 is 0 Å². The van der Waals surface area contributed by atoms with Gasteiger partial charge in [-0.15, -0.1) is 0 Å². The zero-order chi connectivity index (χ0) is 14.3. The number of aryl methyl sites for hydroxylation is 2. The van der Waals surface area contributed by atoms with Crippen molar-refractivity contribution in [2.45, 2.75) is 6.92 Å². The fourth-order valence-electron chi connectivity index (χ4n) is 1.74. The monoisotopic (exact) mass is 346 g/mol. The Morgan fingerprint density at radius 2 is 2.05 bits per heavy atom. The molecule has 0 atom stereocenters. The summed E-state index contributed by atoms with van der Waals surface area (Å²) in [5, 5.41) is 14.1. The molecule has 19 heavy (non-hydrogen) atoms. The van der Waals surface area contributed by atoms with Gasteiger partial charge in [0.2, 0.25) is 0 Å². The highest BCUT2D eigenvalue weighted by Gasteiger charge is 2.22. The fraction of sp³-hybridized carbons (Fsp3) is 0.167. The molecule has 0 aliphatic carbocycles. The first-order valence-corrected chi connectivity index (χ1v) is 6.42. The van der Waals surface area contributed by atoms with E-state index < -0.39 is 11.4 Å². The summed E-state index contributed by atoms with van der Waals surface area (Å²) in [6, 6.07) is 2.50. The Hall–Kier alpha value is -1.40.